The van der Waals surface area contributed by atoms with Crippen LogP contribution in [0.3, 0.4) is 0 Å². The minimum absolute atomic E-state index is 0.194. The third kappa shape index (κ3) is 3.06. The Kier molecular flexibility index (Phi) is 3.61. The Balaban J connectivity index is 2.35. The Morgan fingerprint density at radius 3 is 2.60 bits per heavy atom. The smallest absolute Gasteiger partial charge is 0.355 e. The van der Waals surface area contributed by atoms with E-state index in [0.717, 1.165) is 12.1 Å². The fraction of sp³-hybridized carbons (Fsp3) is 0.143. The average Bonchev–Trinajstić information content (AvgIpc) is 2.40. The minimum atomic E-state index is -4.39. The molecule has 3 nitrogen and oxygen atoms in total. The van der Waals surface area contributed by atoms with Gasteiger partial charge in [-0.2, -0.15) is 18.4 Å². The number of nitriles is 1. The van der Waals surface area contributed by atoms with Crippen LogP contribution in [0, 0.1) is 18.3 Å². The molecule has 0 saturated carbocycles. The number of nitrogens with zero attached hydrogens (tertiary/aromatic N) is 2. The first-order valence-corrected chi connectivity index (χ1v) is 5.71. The number of pyridine rings is 1. The lowest BCUT2D eigenvalue weighted by molar-refractivity contribution is -0.137. The molecule has 0 aliphatic heterocycles. The van der Waals surface area contributed by atoms with Crippen molar-refractivity contribution in [1.29, 1.82) is 5.26 Å². The second-order valence-corrected chi connectivity index (χ2v) is 4.19. The molecule has 0 unspecified atom stereocenters. The molecule has 1 N–H and O–H groups in total. The van der Waals surface area contributed by atoms with Gasteiger partial charge in [0, 0.05) is 17.6 Å². The zero-order chi connectivity index (χ0) is 14.8. The number of aromatic nitrogens is 1. The SMILES string of the molecule is Cc1ccc(C(F)(F)F)cc1Nc1ccnc(C#N)c1. The second-order valence-electron chi connectivity index (χ2n) is 4.19. The molecule has 0 amide bonds. The molecular weight excluding hydrogens is 267 g/mol. The van der Waals surface area contributed by atoms with Gasteiger partial charge in [-0.05, 0) is 36.8 Å². The standard InChI is InChI=1S/C14H10F3N3/c1-9-2-3-10(14(15,16)17)6-13(9)20-11-4-5-19-12(7-11)8-18/h2-7H,1H3,(H,19,20). The van der Waals surface area contributed by atoms with Crippen molar-refractivity contribution in [1.82, 2.24) is 4.98 Å². The van der Waals surface area contributed by atoms with Crippen LogP contribution >= 0.6 is 0 Å². The molecule has 0 atom stereocenters. The molecule has 0 fully saturated rings. The summed E-state index contributed by atoms with van der Waals surface area (Å²) in [4.78, 5) is 3.80. The number of halogens is 3. The monoisotopic (exact) mass is 277 g/mol. The van der Waals surface area contributed by atoms with Gasteiger partial charge in [0.15, 0.2) is 0 Å². The predicted octanol–water partition coefficient (Wildman–Crippen LogP) is 4.02. The van der Waals surface area contributed by atoms with E-state index in [0.29, 0.717) is 16.9 Å². The van der Waals surface area contributed by atoms with E-state index in [1.807, 2.05) is 6.07 Å². The van der Waals surface area contributed by atoms with Gasteiger partial charge in [-0.3, -0.25) is 0 Å². The summed E-state index contributed by atoms with van der Waals surface area (Å²) >= 11 is 0. The molecular formula is C14H10F3N3. The van der Waals surface area contributed by atoms with Gasteiger partial charge in [0.1, 0.15) is 11.8 Å². The zero-order valence-corrected chi connectivity index (χ0v) is 10.5. The maximum atomic E-state index is 12.7. The van der Waals surface area contributed by atoms with E-state index < -0.39 is 11.7 Å². The topological polar surface area (TPSA) is 48.7 Å². The van der Waals surface area contributed by atoms with Crippen molar-refractivity contribution < 1.29 is 13.2 Å². The molecule has 6 heteroatoms. The van der Waals surface area contributed by atoms with Crippen LogP contribution in [-0.4, -0.2) is 4.98 Å². The summed E-state index contributed by atoms with van der Waals surface area (Å²) in [5, 5.41) is 11.6. The van der Waals surface area contributed by atoms with Crippen molar-refractivity contribution in [3.63, 3.8) is 0 Å². The quantitative estimate of drug-likeness (QED) is 0.901. The summed E-state index contributed by atoms with van der Waals surface area (Å²) in [7, 11) is 0. The van der Waals surface area contributed by atoms with E-state index in [1.54, 1.807) is 13.0 Å². The summed E-state index contributed by atoms with van der Waals surface area (Å²) < 4.78 is 38.0. The highest BCUT2D eigenvalue weighted by Gasteiger charge is 2.30. The highest BCUT2D eigenvalue weighted by molar-refractivity contribution is 5.64. The lowest BCUT2D eigenvalue weighted by atomic mass is 10.1. The van der Waals surface area contributed by atoms with Gasteiger partial charge >= 0.3 is 6.18 Å². The molecule has 0 saturated heterocycles. The van der Waals surface area contributed by atoms with Crippen molar-refractivity contribution >= 4 is 11.4 Å². The zero-order valence-electron chi connectivity index (χ0n) is 10.5. The summed E-state index contributed by atoms with van der Waals surface area (Å²) in [6, 6.07) is 8.41. The lowest BCUT2D eigenvalue weighted by Gasteiger charge is -2.13. The molecule has 102 valence electrons. The molecule has 0 radical (unpaired) electrons. The first-order valence-electron chi connectivity index (χ1n) is 5.71. The second kappa shape index (κ2) is 5.21. The molecule has 0 aliphatic carbocycles. The average molecular weight is 277 g/mol. The van der Waals surface area contributed by atoms with Crippen LogP contribution in [0.2, 0.25) is 0 Å². The van der Waals surface area contributed by atoms with Gasteiger partial charge in [0.05, 0.1) is 5.56 Å². The van der Waals surface area contributed by atoms with E-state index in [4.69, 9.17) is 5.26 Å². The van der Waals surface area contributed by atoms with Crippen LogP contribution in [0.25, 0.3) is 0 Å². The third-order valence-corrected chi connectivity index (χ3v) is 2.72. The van der Waals surface area contributed by atoms with Crippen molar-refractivity contribution in [2.24, 2.45) is 0 Å². The first kappa shape index (κ1) is 13.9. The molecule has 2 aromatic rings. The highest BCUT2D eigenvalue weighted by Crippen LogP contribution is 2.32. The fourth-order valence-electron chi connectivity index (χ4n) is 1.66. The molecule has 20 heavy (non-hydrogen) atoms. The van der Waals surface area contributed by atoms with E-state index in [1.165, 1.54) is 18.3 Å². The minimum Gasteiger partial charge on any atom is -0.355 e. The number of aryl methyl sites for hydroxylation is 1. The Hall–Kier alpha value is -2.55. The number of benzene rings is 1. The fourth-order valence-corrected chi connectivity index (χ4v) is 1.66. The van der Waals surface area contributed by atoms with E-state index in [-0.39, 0.29) is 5.69 Å². The molecule has 1 aromatic heterocycles. The predicted molar refractivity (Wildman–Crippen MR) is 68.4 cm³/mol. The Bertz CT molecular complexity index is 672. The molecule has 0 aliphatic rings. The number of rotatable bonds is 2. The van der Waals surface area contributed by atoms with Crippen molar-refractivity contribution in [3.05, 3.63) is 53.3 Å². The van der Waals surface area contributed by atoms with Crippen LogP contribution in [0.4, 0.5) is 24.5 Å². The maximum absolute atomic E-state index is 12.7. The number of nitrogens with one attached hydrogen (secondary N) is 1. The largest absolute Gasteiger partial charge is 0.416 e. The van der Waals surface area contributed by atoms with Crippen LogP contribution in [0.15, 0.2) is 36.5 Å². The van der Waals surface area contributed by atoms with Crippen molar-refractivity contribution in [2.45, 2.75) is 13.1 Å². The maximum Gasteiger partial charge on any atom is 0.416 e. The Morgan fingerprint density at radius 2 is 1.95 bits per heavy atom. The summed E-state index contributed by atoms with van der Waals surface area (Å²) in [5.41, 5.74) is 1.00. The lowest BCUT2D eigenvalue weighted by Crippen LogP contribution is -2.06. The van der Waals surface area contributed by atoms with Crippen molar-refractivity contribution in [3.8, 4) is 6.07 Å². The van der Waals surface area contributed by atoms with Crippen LogP contribution in [-0.2, 0) is 6.18 Å². The van der Waals surface area contributed by atoms with Crippen LogP contribution in [0.5, 0.6) is 0 Å². The number of hydrogen-bond acceptors (Lipinski definition) is 3. The number of anilines is 2. The van der Waals surface area contributed by atoms with Crippen molar-refractivity contribution in [2.75, 3.05) is 5.32 Å². The molecule has 1 heterocycles. The molecule has 0 bridgehead atoms. The van der Waals surface area contributed by atoms with Gasteiger partial charge in [0.2, 0.25) is 0 Å². The van der Waals surface area contributed by atoms with E-state index in [2.05, 4.69) is 10.3 Å². The normalized spacial score (nSPS) is 10.9. The van der Waals surface area contributed by atoms with E-state index >= 15 is 0 Å². The third-order valence-electron chi connectivity index (χ3n) is 2.72. The Labute approximate surface area is 113 Å². The highest BCUT2D eigenvalue weighted by atomic mass is 19.4. The molecule has 1 aromatic carbocycles. The number of alkyl halides is 3. The first-order chi connectivity index (χ1) is 9.40. The summed E-state index contributed by atoms with van der Waals surface area (Å²) in [6.45, 7) is 1.70. The van der Waals surface area contributed by atoms with Gasteiger partial charge < -0.3 is 5.32 Å². The molecule has 0 spiro atoms. The summed E-state index contributed by atoms with van der Waals surface area (Å²) in [5.74, 6) is 0. The van der Waals surface area contributed by atoms with Gasteiger partial charge in [-0.25, -0.2) is 4.98 Å². The number of hydrogen-bond donors (Lipinski definition) is 1. The molecule has 2 rings (SSSR count). The van der Waals surface area contributed by atoms with Gasteiger partial charge in [0.25, 0.3) is 0 Å². The van der Waals surface area contributed by atoms with Crippen LogP contribution < -0.4 is 5.32 Å². The van der Waals surface area contributed by atoms with Crippen LogP contribution in [0.1, 0.15) is 16.8 Å². The van der Waals surface area contributed by atoms with E-state index in [9.17, 15) is 13.2 Å². The summed E-state index contributed by atoms with van der Waals surface area (Å²) in [6.07, 6.45) is -2.97. The van der Waals surface area contributed by atoms with Gasteiger partial charge in [-0.1, -0.05) is 6.07 Å². The van der Waals surface area contributed by atoms with Gasteiger partial charge in [-0.15, -0.1) is 0 Å². The Morgan fingerprint density at radius 1 is 1.20 bits per heavy atom.